The lowest BCUT2D eigenvalue weighted by Crippen LogP contribution is -2.34. The molecular formula is C26H30N2O6. The molecule has 2 amide bonds. The number of carboxylic acid groups (broad SMARTS) is 1. The van der Waals surface area contributed by atoms with Crippen LogP contribution in [0.25, 0.3) is 11.1 Å². The largest absolute Gasteiger partial charge is 0.481 e. The van der Waals surface area contributed by atoms with Crippen LogP contribution in [0.4, 0.5) is 4.79 Å². The summed E-state index contributed by atoms with van der Waals surface area (Å²) in [6.07, 6.45) is -0.539. The van der Waals surface area contributed by atoms with E-state index in [1.807, 2.05) is 38.1 Å². The van der Waals surface area contributed by atoms with Gasteiger partial charge in [0.2, 0.25) is 5.91 Å². The van der Waals surface area contributed by atoms with Crippen molar-refractivity contribution in [1.82, 2.24) is 10.2 Å². The molecule has 2 aromatic carbocycles. The molecule has 1 unspecified atom stereocenters. The maximum Gasteiger partial charge on any atom is 0.407 e. The smallest absolute Gasteiger partial charge is 0.407 e. The van der Waals surface area contributed by atoms with E-state index in [0.29, 0.717) is 6.54 Å². The van der Waals surface area contributed by atoms with E-state index in [1.165, 1.54) is 16.0 Å². The van der Waals surface area contributed by atoms with Crippen molar-refractivity contribution in [1.29, 1.82) is 0 Å². The number of fused-ring (bicyclic) bond motifs is 3. The first-order chi connectivity index (χ1) is 16.3. The van der Waals surface area contributed by atoms with Gasteiger partial charge in [0.1, 0.15) is 13.2 Å². The van der Waals surface area contributed by atoms with Crippen LogP contribution in [0.1, 0.15) is 30.9 Å². The number of alkyl carbamates (subject to hydrolysis) is 1. The van der Waals surface area contributed by atoms with Crippen LogP contribution in [0.15, 0.2) is 48.5 Å². The molecule has 2 aromatic rings. The number of ether oxygens (including phenoxy) is 2. The Kier molecular flexibility index (Phi) is 6.88. The number of benzene rings is 2. The van der Waals surface area contributed by atoms with Gasteiger partial charge < -0.3 is 24.8 Å². The minimum Gasteiger partial charge on any atom is -0.481 e. The van der Waals surface area contributed by atoms with Gasteiger partial charge in [0, 0.05) is 25.6 Å². The molecule has 0 bridgehead atoms. The lowest BCUT2D eigenvalue weighted by atomic mass is 9.82. The van der Waals surface area contributed by atoms with Crippen molar-refractivity contribution in [2.24, 2.45) is 11.3 Å². The number of aliphatic carboxylic acids is 1. The molecule has 0 spiro atoms. The first kappa shape index (κ1) is 23.8. The van der Waals surface area contributed by atoms with E-state index in [-0.39, 0.29) is 44.7 Å². The molecule has 180 valence electrons. The highest BCUT2D eigenvalue weighted by Gasteiger charge is 2.45. The van der Waals surface area contributed by atoms with Crippen molar-refractivity contribution in [3.05, 3.63) is 59.7 Å². The zero-order valence-corrected chi connectivity index (χ0v) is 19.5. The first-order valence-corrected chi connectivity index (χ1v) is 11.4. The average molecular weight is 467 g/mol. The molecule has 1 saturated heterocycles. The lowest BCUT2D eigenvalue weighted by Gasteiger charge is -2.21. The number of amides is 2. The van der Waals surface area contributed by atoms with E-state index in [9.17, 15) is 19.5 Å². The van der Waals surface area contributed by atoms with E-state index < -0.39 is 23.4 Å². The average Bonchev–Trinajstić information content (AvgIpc) is 3.31. The summed E-state index contributed by atoms with van der Waals surface area (Å²) in [5.74, 6) is -1.75. The molecule has 4 rings (SSSR count). The van der Waals surface area contributed by atoms with Crippen molar-refractivity contribution in [2.75, 3.05) is 39.5 Å². The van der Waals surface area contributed by atoms with Gasteiger partial charge in [0.05, 0.1) is 12.5 Å². The molecule has 34 heavy (non-hydrogen) atoms. The summed E-state index contributed by atoms with van der Waals surface area (Å²) >= 11 is 0. The molecule has 2 N–H and O–H groups in total. The summed E-state index contributed by atoms with van der Waals surface area (Å²) in [5, 5.41) is 12.0. The molecule has 0 saturated carbocycles. The fourth-order valence-electron chi connectivity index (χ4n) is 4.86. The van der Waals surface area contributed by atoms with Crippen molar-refractivity contribution in [2.45, 2.75) is 19.8 Å². The van der Waals surface area contributed by atoms with Crippen molar-refractivity contribution < 1.29 is 29.0 Å². The first-order valence-electron chi connectivity index (χ1n) is 11.4. The quantitative estimate of drug-likeness (QED) is 0.579. The number of rotatable bonds is 8. The Morgan fingerprint density at radius 1 is 1.06 bits per heavy atom. The van der Waals surface area contributed by atoms with Gasteiger partial charge >= 0.3 is 12.1 Å². The summed E-state index contributed by atoms with van der Waals surface area (Å²) in [6, 6.07) is 16.3. The second-order valence-corrected chi connectivity index (χ2v) is 9.46. The molecule has 0 radical (unpaired) electrons. The molecule has 1 aliphatic carbocycles. The molecule has 2 aliphatic rings. The molecule has 1 fully saturated rings. The van der Waals surface area contributed by atoms with Crippen molar-refractivity contribution in [3.63, 3.8) is 0 Å². The van der Waals surface area contributed by atoms with Gasteiger partial charge in [-0.3, -0.25) is 9.59 Å². The topological polar surface area (TPSA) is 105 Å². The van der Waals surface area contributed by atoms with Crippen molar-refractivity contribution in [3.8, 4) is 11.1 Å². The highest BCUT2D eigenvalue weighted by atomic mass is 16.5. The molecule has 8 heteroatoms. The SMILES string of the molecule is CC1(C)CN(C(=O)COCCNC(=O)OCC2c3ccccc3-c3ccccc32)CC1C(=O)O. The molecule has 1 atom stereocenters. The van der Waals surface area contributed by atoms with Gasteiger partial charge in [-0.2, -0.15) is 0 Å². The summed E-state index contributed by atoms with van der Waals surface area (Å²) in [5.41, 5.74) is 4.15. The Morgan fingerprint density at radius 3 is 2.26 bits per heavy atom. The van der Waals surface area contributed by atoms with Gasteiger partial charge in [-0.05, 0) is 27.7 Å². The predicted octanol–water partition coefficient (Wildman–Crippen LogP) is 3.11. The molecular weight excluding hydrogens is 436 g/mol. The number of hydrogen-bond donors (Lipinski definition) is 2. The number of carbonyl (C=O) groups excluding carboxylic acids is 2. The van der Waals surface area contributed by atoms with Gasteiger partial charge in [-0.15, -0.1) is 0 Å². The standard InChI is InChI=1S/C26H30N2O6/c1-26(2)16-28(13-22(26)24(30)31)23(29)15-33-12-11-27-25(32)34-14-21-19-9-5-3-7-17(19)18-8-4-6-10-20(18)21/h3-10,21-22H,11-16H2,1-2H3,(H,27,32)(H,30,31). The second-order valence-electron chi connectivity index (χ2n) is 9.46. The number of carbonyl (C=O) groups is 3. The van der Waals surface area contributed by atoms with E-state index in [1.54, 1.807) is 0 Å². The Hall–Kier alpha value is -3.39. The number of likely N-dealkylation sites (tertiary alicyclic amines) is 1. The van der Waals surface area contributed by atoms with Gasteiger partial charge in [0.15, 0.2) is 0 Å². The number of nitrogens with zero attached hydrogens (tertiary/aromatic N) is 1. The number of hydrogen-bond acceptors (Lipinski definition) is 5. The lowest BCUT2D eigenvalue weighted by molar-refractivity contribution is -0.144. The summed E-state index contributed by atoms with van der Waals surface area (Å²) < 4.78 is 10.9. The maximum atomic E-state index is 12.3. The third-order valence-electron chi connectivity index (χ3n) is 6.68. The Labute approximate surface area is 198 Å². The minimum atomic E-state index is -0.895. The fraction of sp³-hybridized carbons (Fsp3) is 0.423. The van der Waals surface area contributed by atoms with Crippen LogP contribution in [0.5, 0.6) is 0 Å². The van der Waals surface area contributed by atoms with Crippen LogP contribution in [0.3, 0.4) is 0 Å². The second kappa shape index (κ2) is 9.85. The van der Waals surface area contributed by atoms with Crippen molar-refractivity contribution >= 4 is 18.0 Å². The van der Waals surface area contributed by atoms with E-state index >= 15 is 0 Å². The van der Waals surface area contributed by atoms with E-state index in [4.69, 9.17) is 9.47 Å². The summed E-state index contributed by atoms with van der Waals surface area (Å²) in [7, 11) is 0. The maximum absolute atomic E-state index is 12.3. The Bertz CT molecular complexity index is 1040. The van der Waals surface area contributed by atoms with E-state index in [0.717, 1.165) is 11.1 Å². The minimum absolute atomic E-state index is 0.00800. The number of nitrogens with one attached hydrogen (secondary N) is 1. The zero-order chi connectivity index (χ0) is 24.3. The molecule has 1 heterocycles. The highest BCUT2D eigenvalue weighted by molar-refractivity contribution is 5.80. The van der Waals surface area contributed by atoms with Crippen LogP contribution >= 0.6 is 0 Å². The summed E-state index contributed by atoms with van der Waals surface area (Å²) in [4.78, 5) is 37.4. The van der Waals surface area contributed by atoms with E-state index in [2.05, 4.69) is 29.6 Å². The monoisotopic (exact) mass is 466 g/mol. The Balaban J connectivity index is 1.18. The molecule has 1 aliphatic heterocycles. The van der Waals surface area contributed by atoms with Crippen LogP contribution in [-0.2, 0) is 19.1 Å². The van der Waals surface area contributed by atoms with Crippen LogP contribution in [0.2, 0.25) is 0 Å². The van der Waals surface area contributed by atoms with Gasteiger partial charge in [-0.25, -0.2) is 4.79 Å². The fourth-order valence-corrected chi connectivity index (χ4v) is 4.86. The molecule has 0 aromatic heterocycles. The van der Waals surface area contributed by atoms with Crippen LogP contribution < -0.4 is 5.32 Å². The third-order valence-corrected chi connectivity index (χ3v) is 6.68. The van der Waals surface area contributed by atoms with Crippen LogP contribution in [-0.4, -0.2) is 67.4 Å². The summed E-state index contributed by atoms with van der Waals surface area (Å²) in [6.45, 7) is 4.68. The Morgan fingerprint density at radius 2 is 1.68 bits per heavy atom. The highest BCUT2D eigenvalue weighted by Crippen LogP contribution is 2.44. The number of carboxylic acids is 1. The predicted molar refractivity (Wildman–Crippen MR) is 125 cm³/mol. The normalized spacial score (nSPS) is 18.3. The van der Waals surface area contributed by atoms with Gasteiger partial charge in [-0.1, -0.05) is 62.4 Å². The van der Waals surface area contributed by atoms with Crippen LogP contribution in [0, 0.1) is 11.3 Å². The third kappa shape index (κ3) is 4.92. The van der Waals surface area contributed by atoms with Gasteiger partial charge in [0.25, 0.3) is 0 Å². The molecule has 8 nitrogen and oxygen atoms in total. The zero-order valence-electron chi connectivity index (χ0n) is 19.5.